The molecule has 0 bridgehead atoms. The van der Waals surface area contributed by atoms with Gasteiger partial charge in [-0.3, -0.25) is 4.90 Å². The van der Waals surface area contributed by atoms with Gasteiger partial charge < -0.3 is 10.5 Å². The summed E-state index contributed by atoms with van der Waals surface area (Å²) in [6.45, 7) is 9.73. The second-order valence-electron chi connectivity index (χ2n) is 4.81. The first-order valence-corrected chi connectivity index (χ1v) is 6.54. The number of likely N-dealkylation sites (N-methyl/N-ethyl adjacent to an activating group) is 1. The lowest BCUT2D eigenvalue weighted by molar-refractivity contribution is -0.0326. The molecule has 1 saturated heterocycles. The maximum absolute atomic E-state index is 5.87. The first kappa shape index (κ1) is 13.4. The number of hydrogen-bond acceptors (Lipinski definition) is 5. The van der Waals surface area contributed by atoms with Gasteiger partial charge in [-0.15, -0.1) is 0 Å². The second kappa shape index (κ2) is 5.73. The average Bonchev–Trinajstić information content (AvgIpc) is 2.38. The molecule has 5 nitrogen and oxygen atoms in total. The highest BCUT2D eigenvalue weighted by molar-refractivity contribution is 5.20. The molecule has 18 heavy (non-hydrogen) atoms. The van der Waals surface area contributed by atoms with Crippen molar-refractivity contribution in [2.75, 3.05) is 26.2 Å². The first-order chi connectivity index (χ1) is 8.61. The second-order valence-corrected chi connectivity index (χ2v) is 4.81. The Morgan fingerprint density at radius 3 is 3.00 bits per heavy atom. The minimum Gasteiger partial charge on any atom is -0.368 e. The van der Waals surface area contributed by atoms with Crippen LogP contribution in [-0.2, 0) is 4.74 Å². The third kappa shape index (κ3) is 2.85. The van der Waals surface area contributed by atoms with Crippen LogP contribution >= 0.6 is 0 Å². The molecule has 0 radical (unpaired) electrons. The SMILES string of the molecule is CCN1CCOC(c2ncc(C(C)N)c(C)n2)C1. The molecule has 1 aromatic heterocycles. The number of morpholine rings is 1. The zero-order valence-electron chi connectivity index (χ0n) is 11.4. The van der Waals surface area contributed by atoms with Gasteiger partial charge in [0.05, 0.1) is 6.61 Å². The smallest absolute Gasteiger partial charge is 0.158 e. The Kier molecular flexibility index (Phi) is 4.27. The van der Waals surface area contributed by atoms with Crippen molar-refractivity contribution < 1.29 is 4.74 Å². The maximum Gasteiger partial charge on any atom is 0.158 e. The van der Waals surface area contributed by atoms with E-state index in [-0.39, 0.29) is 12.1 Å². The van der Waals surface area contributed by atoms with Gasteiger partial charge in [0.1, 0.15) is 6.10 Å². The summed E-state index contributed by atoms with van der Waals surface area (Å²) >= 11 is 0. The zero-order valence-corrected chi connectivity index (χ0v) is 11.4. The molecular weight excluding hydrogens is 228 g/mol. The molecule has 0 spiro atoms. The monoisotopic (exact) mass is 250 g/mol. The summed E-state index contributed by atoms with van der Waals surface area (Å²) < 4.78 is 5.75. The molecule has 1 aliphatic rings. The van der Waals surface area contributed by atoms with E-state index in [0.29, 0.717) is 0 Å². The minimum atomic E-state index is -0.0292. The molecule has 1 aliphatic heterocycles. The summed E-state index contributed by atoms with van der Waals surface area (Å²) in [6, 6.07) is -0.0292. The predicted molar refractivity (Wildman–Crippen MR) is 70.2 cm³/mol. The van der Waals surface area contributed by atoms with Crippen LogP contribution in [0, 0.1) is 6.92 Å². The van der Waals surface area contributed by atoms with Crippen LogP contribution in [0.2, 0.25) is 0 Å². The van der Waals surface area contributed by atoms with Crippen molar-refractivity contribution in [3.63, 3.8) is 0 Å². The normalized spacial score (nSPS) is 23.0. The standard InChI is InChI=1S/C13H22N4O/c1-4-17-5-6-18-12(8-17)13-15-7-11(9(2)14)10(3)16-13/h7,9,12H,4-6,8,14H2,1-3H3. The lowest BCUT2D eigenvalue weighted by Crippen LogP contribution is -2.38. The van der Waals surface area contributed by atoms with Crippen LogP contribution < -0.4 is 5.73 Å². The van der Waals surface area contributed by atoms with E-state index in [4.69, 9.17) is 10.5 Å². The average molecular weight is 250 g/mol. The third-order valence-corrected chi connectivity index (χ3v) is 3.41. The van der Waals surface area contributed by atoms with E-state index < -0.39 is 0 Å². The lowest BCUT2D eigenvalue weighted by atomic mass is 10.1. The fraction of sp³-hybridized carbons (Fsp3) is 0.692. The summed E-state index contributed by atoms with van der Waals surface area (Å²) in [6.07, 6.45) is 1.82. The topological polar surface area (TPSA) is 64.3 Å². The summed E-state index contributed by atoms with van der Waals surface area (Å²) in [4.78, 5) is 11.3. The Bertz CT molecular complexity index is 408. The predicted octanol–water partition coefficient (Wildman–Crippen LogP) is 1.20. The van der Waals surface area contributed by atoms with E-state index >= 15 is 0 Å². The number of ether oxygens (including phenoxy) is 1. The van der Waals surface area contributed by atoms with E-state index in [1.165, 1.54) is 0 Å². The number of rotatable bonds is 3. The Morgan fingerprint density at radius 2 is 2.39 bits per heavy atom. The Balaban J connectivity index is 2.16. The van der Waals surface area contributed by atoms with E-state index in [9.17, 15) is 0 Å². The third-order valence-electron chi connectivity index (χ3n) is 3.41. The quantitative estimate of drug-likeness (QED) is 0.873. The highest BCUT2D eigenvalue weighted by atomic mass is 16.5. The number of hydrogen-bond donors (Lipinski definition) is 1. The summed E-state index contributed by atoms with van der Waals surface area (Å²) in [5, 5.41) is 0. The van der Waals surface area contributed by atoms with Gasteiger partial charge in [-0.2, -0.15) is 0 Å². The molecule has 0 aliphatic carbocycles. The van der Waals surface area contributed by atoms with Gasteiger partial charge in [0.25, 0.3) is 0 Å². The van der Waals surface area contributed by atoms with Crippen LogP contribution in [-0.4, -0.2) is 41.1 Å². The Morgan fingerprint density at radius 1 is 1.61 bits per heavy atom. The van der Waals surface area contributed by atoms with E-state index in [0.717, 1.165) is 43.3 Å². The molecule has 2 atom stereocenters. The Hall–Kier alpha value is -1.04. The van der Waals surface area contributed by atoms with E-state index in [2.05, 4.69) is 21.8 Å². The maximum atomic E-state index is 5.87. The van der Waals surface area contributed by atoms with Crippen LogP contribution in [0.4, 0.5) is 0 Å². The minimum absolute atomic E-state index is 0.0143. The Labute approximate surface area is 108 Å². The first-order valence-electron chi connectivity index (χ1n) is 6.54. The molecule has 2 unspecified atom stereocenters. The number of nitrogens with zero attached hydrogens (tertiary/aromatic N) is 3. The van der Waals surface area contributed by atoms with Crippen LogP contribution in [0.1, 0.15) is 43.1 Å². The molecule has 1 aromatic rings. The van der Waals surface area contributed by atoms with E-state index in [1.54, 1.807) is 0 Å². The molecule has 2 rings (SSSR count). The van der Waals surface area contributed by atoms with E-state index in [1.807, 2.05) is 20.0 Å². The van der Waals surface area contributed by atoms with Crippen LogP contribution in [0.15, 0.2) is 6.20 Å². The summed E-state index contributed by atoms with van der Waals surface area (Å²) in [5.74, 6) is 0.773. The molecule has 2 N–H and O–H groups in total. The summed E-state index contributed by atoms with van der Waals surface area (Å²) in [5.41, 5.74) is 7.82. The molecule has 0 aromatic carbocycles. The van der Waals surface area contributed by atoms with Gasteiger partial charge in [-0.25, -0.2) is 9.97 Å². The number of aromatic nitrogens is 2. The zero-order chi connectivity index (χ0) is 13.1. The fourth-order valence-corrected chi connectivity index (χ4v) is 2.24. The van der Waals surface area contributed by atoms with Crippen molar-refractivity contribution in [2.24, 2.45) is 5.73 Å². The van der Waals surface area contributed by atoms with Crippen molar-refractivity contribution in [3.05, 3.63) is 23.3 Å². The number of nitrogens with two attached hydrogens (primary N) is 1. The van der Waals surface area contributed by atoms with Gasteiger partial charge in [-0.1, -0.05) is 6.92 Å². The van der Waals surface area contributed by atoms with Gasteiger partial charge in [0, 0.05) is 36.6 Å². The van der Waals surface area contributed by atoms with Crippen molar-refractivity contribution in [1.29, 1.82) is 0 Å². The molecule has 5 heteroatoms. The molecule has 1 fully saturated rings. The van der Waals surface area contributed by atoms with Crippen LogP contribution in [0.5, 0.6) is 0 Å². The molecule has 0 amide bonds. The van der Waals surface area contributed by atoms with Gasteiger partial charge in [0.2, 0.25) is 0 Å². The number of aryl methyl sites for hydroxylation is 1. The van der Waals surface area contributed by atoms with Gasteiger partial charge >= 0.3 is 0 Å². The van der Waals surface area contributed by atoms with Gasteiger partial charge in [-0.05, 0) is 20.4 Å². The van der Waals surface area contributed by atoms with Crippen molar-refractivity contribution in [2.45, 2.75) is 32.9 Å². The lowest BCUT2D eigenvalue weighted by Gasteiger charge is -2.31. The highest BCUT2D eigenvalue weighted by Gasteiger charge is 2.23. The summed E-state index contributed by atoms with van der Waals surface area (Å²) in [7, 11) is 0. The van der Waals surface area contributed by atoms with Crippen molar-refractivity contribution in [1.82, 2.24) is 14.9 Å². The molecule has 2 heterocycles. The highest BCUT2D eigenvalue weighted by Crippen LogP contribution is 2.21. The molecular formula is C13H22N4O. The van der Waals surface area contributed by atoms with Crippen LogP contribution in [0.3, 0.4) is 0 Å². The van der Waals surface area contributed by atoms with Crippen molar-refractivity contribution >= 4 is 0 Å². The fourth-order valence-electron chi connectivity index (χ4n) is 2.24. The van der Waals surface area contributed by atoms with Crippen molar-refractivity contribution in [3.8, 4) is 0 Å². The molecule has 100 valence electrons. The largest absolute Gasteiger partial charge is 0.368 e. The molecule has 0 saturated carbocycles. The van der Waals surface area contributed by atoms with Crippen LogP contribution in [0.25, 0.3) is 0 Å². The van der Waals surface area contributed by atoms with Gasteiger partial charge in [0.15, 0.2) is 5.82 Å².